The SMILES string of the molecule is COC(=O)C1(C2(O)CCN(C(=O)OC(C)(C)C)CC2)CCOCC1. The zero-order valence-corrected chi connectivity index (χ0v) is 15.1. The van der Waals surface area contributed by atoms with Crippen LogP contribution < -0.4 is 0 Å². The lowest BCUT2D eigenvalue weighted by Crippen LogP contribution is -2.61. The molecule has 2 heterocycles. The first-order chi connectivity index (χ1) is 11.1. The number of aliphatic hydroxyl groups is 1. The van der Waals surface area contributed by atoms with Crippen LogP contribution in [0.25, 0.3) is 0 Å². The summed E-state index contributed by atoms with van der Waals surface area (Å²) in [5.74, 6) is -0.390. The number of nitrogens with zero attached hydrogens (tertiary/aromatic N) is 1. The molecule has 1 amide bonds. The van der Waals surface area contributed by atoms with E-state index in [1.165, 1.54) is 7.11 Å². The van der Waals surface area contributed by atoms with E-state index < -0.39 is 16.6 Å². The second kappa shape index (κ2) is 6.88. The van der Waals surface area contributed by atoms with Gasteiger partial charge in [0.05, 0.1) is 12.7 Å². The number of likely N-dealkylation sites (tertiary alicyclic amines) is 1. The number of carbonyl (C=O) groups is 2. The fourth-order valence-corrected chi connectivity index (χ4v) is 3.64. The molecular formula is C17H29NO6. The summed E-state index contributed by atoms with van der Waals surface area (Å²) in [7, 11) is 1.35. The maximum Gasteiger partial charge on any atom is 0.410 e. The molecule has 0 aliphatic carbocycles. The topological polar surface area (TPSA) is 85.3 Å². The predicted octanol–water partition coefficient (Wildman–Crippen LogP) is 1.72. The first-order valence-electron chi connectivity index (χ1n) is 8.50. The van der Waals surface area contributed by atoms with Gasteiger partial charge in [0, 0.05) is 26.3 Å². The Morgan fingerprint density at radius 1 is 1.08 bits per heavy atom. The van der Waals surface area contributed by atoms with Gasteiger partial charge in [-0.2, -0.15) is 0 Å². The molecule has 0 aromatic carbocycles. The van der Waals surface area contributed by atoms with Crippen molar-refractivity contribution in [2.24, 2.45) is 5.41 Å². The Hall–Kier alpha value is -1.34. The third-order valence-electron chi connectivity index (χ3n) is 5.06. The summed E-state index contributed by atoms with van der Waals surface area (Å²) < 4.78 is 15.7. The van der Waals surface area contributed by atoms with Crippen LogP contribution in [0.2, 0.25) is 0 Å². The minimum absolute atomic E-state index is 0.321. The summed E-state index contributed by atoms with van der Waals surface area (Å²) in [5, 5.41) is 11.2. The molecule has 2 aliphatic heterocycles. The van der Waals surface area contributed by atoms with Gasteiger partial charge in [0.2, 0.25) is 0 Å². The van der Waals surface area contributed by atoms with Crippen molar-refractivity contribution in [1.82, 2.24) is 4.90 Å². The van der Waals surface area contributed by atoms with Gasteiger partial charge in [-0.25, -0.2) is 4.79 Å². The van der Waals surface area contributed by atoms with E-state index in [0.717, 1.165) is 0 Å². The summed E-state index contributed by atoms with van der Waals surface area (Å²) in [6, 6.07) is 0. The number of rotatable bonds is 2. The Morgan fingerprint density at radius 2 is 1.62 bits per heavy atom. The Morgan fingerprint density at radius 3 is 2.08 bits per heavy atom. The fourth-order valence-electron chi connectivity index (χ4n) is 3.64. The number of amides is 1. The van der Waals surface area contributed by atoms with Crippen molar-refractivity contribution in [3.63, 3.8) is 0 Å². The van der Waals surface area contributed by atoms with Crippen LogP contribution >= 0.6 is 0 Å². The summed E-state index contributed by atoms with van der Waals surface area (Å²) in [5.41, 5.74) is -2.71. The van der Waals surface area contributed by atoms with E-state index >= 15 is 0 Å². The van der Waals surface area contributed by atoms with Crippen molar-refractivity contribution in [2.45, 2.75) is 57.7 Å². The zero-order chi connectivity index (χ0) is 18.0. The van der Waals surface area contributed by atoms with Crippen LogP contribution in [0.1, 0.15) is 46.5 Å². The van der Waals surface area contributed by atoms with Crippen molar-refractivity contribution < 1.29 is 28.9 Å². The van der Waals surface area contributed by atoms with Crippen molar-refractivity contribution in [3.05, 3.63) is 0 Å². The lowest BCUT2D eigenvalue weighted by Gasteiger charge is -2.50. The molecule has 2 aliphatic rings. The van der Waals surface area contributed by atoms with Crippen molar-refractivity contribution in [2.75, 3.05) is 33.4 Å². The lowest BCUT2D eigenvalue weighted by atomic mass is 9.63. The molecular weight excluding hydrogens is 314 g/mol. The third-order valence-corrected chi connectivity index (χ3v) is 5.06. The summed E-state index contributed by atoms with van der Waals surface area (Å²) in [6.07, 6.45) is 1.12. The number of piperidine rings is 1. The third kappa shape index (κ3) is 3.67. The Labute approximate surface area is 143 Å². The summed E-state index contributed by atoms with van der Waals surface area (Å²) in [4.78, 5) is 26.2. The fraction of sp³-hybridized carbons (Fsp3) is 0.882. The standard InChI is InChI=1S/C17H29NO6/c1-15(2,3)24-14(20)18-9-5-17(21,6-10-18)16(13(19)22-4)7-11-23-12-8-16/h21H,5-12H2,1-4H3. The van der Waals surface area contributed by atoms with Crippen molar-refractivity contribution in [3.8, 4) is 0 Å². The van der Waals surface area contributed by atoms with Gasteiger partial charge >= 0.3 is 12.1 Å². The van der Waals surface area contributed by atoms with E-state index in [4.69, 9.17) is 14.2 Å². The number of methoxy groups -OCH3 is 1. The summed E-state index contributed by atoms with van der Waals surface area (Å²) in [6.45, 7) is 7.01. The van der Waals surface area contributed by atoms with Crippen molar-refractivity contribution in [1.29, 1.82) is 0 Å². The van der Waals surface area contributed by atoms with E-state index in [9.17, 15) is 14.7 Å². The monoisotopic (exact) mass is 343 g/mol. The number of hydrogen-bond acceptors (Lipinski definition) is 6. The molecule has 0 spiro atoms. The normalized spacial score (nSPS) is 23.5. The molecule has 0 unspecified atom stereocenters. The molecule has 0 aromatic heterocycles. The van der Waals surface area contributed by atoms with Gasteiger partial charge in [-0.05, 0) is 46.5 Å². The molecule has 0 bridgehead atoms. The van der Waals surface area contributed by atoms with E-state index in [0.29, 0.717) is 52.0 Å². The number of hydrogen-bond donors (Lipinski definition) is 1. The first-order valence-corrected chi connectivity index (χ1v) is 8.50. The Bertz CT molecular complexity index is 470. The molecule has 2 fully saturated rings. The molecule has 0 saturated carbocycles. The van der Waals surface area contributed by atoms with Gasteiger partial charge in [-0.3, -0.25) is 4.79 Å². The van der Waals surface area contributed by atoms with Gasteiger partial charge in [-0.15, -0.1) is 0 Å². The molecule has 7 nitrogen and oxygen atoms in total. The van der Waals surface area contributed by atoms with Crippen LogP contribution in [-0.4, -0.2) is 66.7 Å². The second-order valence-electron chi connectivity index (χ2n) is 7.69. The van der Waals surface area contributed by atoms with Gasteiger partial charge in [-0.1, -0.05) is 0 Å². The smallest absolute Gasteiger partial charge is 0.410 e. The molecule has 0 aromatic rings. The lowest BCUT2D eigenvalue weighted by molar-refractivity contribution is -0.195. The highest BCUT2D eigenvalue weighted by Gasteiger charge is 2.58. The zero-order valence-electron chi connectivity index (χ0n) is 15.1. The maximum atomic E-state index is 12.5. The van der Waals surface area contributed by atoms with Crippen molar-refractivity contribution >= 4 is 12.1 Å². The van der Waals surface area contributed by atoms with Gasteiger partial charge < -0.3 is 24.2 Å². The number of carbonyl (C=O) groups excluding carboxylic acids is 2. The molecule has 2 saturated heterocycles. The van der Waals surface area contributed by atoms with Crippen LogP contribution in [-0.2, 0) is 19.0 Å². The minimum Gasteiger partial charge on any atom is -0.469 e. The van der Waals surface area contributed by atoms with Gasteiger partial charge in [0.15, 0.2) is 0 Å². The molecule has 0 radical (unpaired) electrons. The highest BCUT2D eigenvalue weighted by molar-refractivity contribution is 5.78. The quantitative estimate of drug-likeness (QED) is 0.769. The molecule has 7 heteroatoms. The number of esters is 1. The molecule has 2 rings (SSSR count). The highest BCUT2D eigenvalue weighted by atomic mass is 16.6. The molecule has 24 heavy (non-hydrogen) atoms. The predicted molar refractivity (Wildman–Crippen MR) is 86.5 cm³/mol. The van der Waals surface area contributed by atoms with Crippen LogP contribution in [0.4, 0.5) is 4.79 Å². The average Bonchev–Trinajstić information content (AvgIpc) is 2.53. The van der Waals surface area contributed by atoms with Crippen LogP contribution in [0.3, 0.4) is 0 Å². The Kier molecular flexibility index (Phi) is 5.44. The van der Waals surface area contributed by atoms with Crippen LogP contribution in [0.15, 0.2) is 0 Å². The van der Waals surface area contributed by atoms with E-state index in [-0.39, 0.29) is 12.1 Å². The largest absolute Gasteiger partial charge is 0.469 e. The van der Waals surface area contributed by atoms with Gasteiger partial charge in [0.25, 0.3) is 0 Å². The summed E-state index contributed by atoms with van der Waals surface area (Å²) >= 11 is 0. The molecule has 0 atom stereocenters. The Balaban J connectivity index is 2.09. The van der Waals surface area contributed by atoms with E-state index in [1.54, 1.807) is 4.90 Å². The van der Waals surface area contributed by atoms with E-state index in [1.807, 2.05) is 20.8 Å². The van der Waals surface area contributed by atoms with Crippen LogP contribution in [0, 0.1) is 5.41 Å². The first kappa shape index (κ1) is 19.0. The average molecular weight is 343 g/mol. The molecule has 138 valence electrons. The highest BCUT2D eigenvalue weighted by Crippen LogP contribution is 2.47. The van der Waals surface area contributed by atoms with Crippen LogP contribution in [0.5, 0.6) is 0 Å². The van der Waals surface area contributed by atoms with Gasteiger partial charge in [0.1, 0.15) is 11.0 Å². The minimum atomic E-state index is -1.19. The number of ether oxygens (including phenoxy) is 3. The van der Waals surface area contributed by atoms with E-state index in [2.05, 4.69) is 0 Å². The maximum absolute atomic E-state index is 12.5. The second-order valence-corrected chi connectivity index (χ2v) is 7.69. The molecule has 1 N–H and O–H groups in total.